The first-order valence-electron chi connectivity index (χ1n) is 7.99. The normalized spacial score (nSPS) is 12.7. The molecule has 2 rings (SSSR count). The van der Waals surface area contributed by atoms with E-state index >= 15 is 0 Å². The van der Waals surface area contributed by atoms with Crippen LogP contribution in [0.2, 0.25) is 5.02 Å². The number of benzene rings is 2. The van der Waals surface area contributed by atoms with E-state index in [0.29, 0.717) is 30.4 Å². The molecule has 0 radical (unpaired) electrons. The molecule has 0 heterocycles. The molecular formula is C19H23ClN2O2. The van der Waals surface area contributed by atoms with E-state index in [-0.39, 0.29) is 6.10 Å². The van der Waals surface area contributed by atoms with E-state index in [2.05, 4.69) is 4.99 Å². The number of hydrogen-bond acceptors (Lipinski definition) is 3. The van der Waals surface area contributed by atoms with Crippen LogP contribution < -0.4 is 15.2 Å². The maximum absolute atomic E-state index is 5.99. The van der Waals surface area contributed by atoms with Crippen LogP contribution in [0, 0.1) is 0 Å². The van der Waals surface area contributed by atoms with Crippen molar-refractivity contribution in [2.45, 2.75) is 26.4 Å². The molecule has 2 N–H and O–H groups in total. The number of nitrogens with two attached hydrogens (primary N) is 1. The van der Waals surface area contributed by atoms with E-state index < -0.39 is 0 Å². The molecule has 0 aromatic heterocycles. The molecule has 0 saturated heterocycles. The SMILES string of the molecule is CCOc1cccc(OC(C)CN=C(N)Cc2ccc(Cl)cc2)c1. The molecule has 4 nitrogen and oxygen atoms in total. The molecule has 0 bridgehead atoms. The molecule has 2 aromatic carbocycles. The van der Waals surface area contributed by atoms with Crippen molar-refractivity contribution in [3.05, 3.63) is 59.1 Å². The maximum Gasteiger partial charge on any atom is 0.123 e. The van der Waals surface area contributed by atoms with Crippen molar-refractivity contribution in [2.75, 3.05) is 13.2 Å². The van der Waals surface area contributed by atoms with Gasteiger partial charge < -0.3 is 15.2 Å². The third kappa shape index (κ3) is 6.13. The van der Waals surface area contributed by atoms with Gasteiger partial charge in [-0.1, -0.05) is 29.8 Å². The number of hydrogen-bond donors (Lipinski definition) is 1. The molecule has 0 aliphatic carbocycles. The summed E-state index contributed by atoms with van der Waals surface area (Å²) in [5, 5.41) is 0.713. The zero-order valence-electron chi connectivity index (χ0n) is 14.0. The fourth-order valence-electron chi connectivity index (χ4n) is 2.19. The van der Waals surface area contributed by atoms with Gasteiger partial charge in [0.05, 0.1) is 19.0 Å². The molecule has 0 aliphatic rings. The van der Waals surface area contributed by atoms with Crippen molar-refractivity contribution in [1.82, 2.24) is 0 Å². The van der Waals surface area contributed by atoms with Crippen molar-refractivity contribution < 1.29 is 9.47 Å². The Kier molecular flexibility index (Phi) is 6.94. The van der Waals surface area contributed by atoms with Gasteiger partial charge in [-0.2, -0.15) is 0 Å². The van der Waals surface area contributed by atoms with Crippen molar-refractivity contribution >= 4 is 17.4 Å². The molecule has 128 valence electrons. The average molecular weight is 347 g/mol. The van der Waals surface area contributed by atoms with Gasteiger partial charge in [0.1, 0.15) is 17.6 Å². The van der Waals surface area contributed by atoms with E-state index in [1.165, 1.54) is 0 Å². The summed E-state index contributed by atoms with van der Waals surface area (Å²) in [5.41, 5.74) is 7.07. The Morgan fingerprint density at radius 2 is 1.88 bits per heavy atom. The van der Waals surface area contributed by atoms with E-state index in [9.17, 15) is 0 Å². The smallest absolute Gasteiger partial charge is 0.123 e. The third-order valence-electron chi connectivity index (χ3n) is 3.30. The molecule has 1 unspecified atom stereocenters. The van der Waals surface area contributed by atoms with E-state index in [1.807, 2.05) is 62.4 Å². The highest BCUT2D eigenvalue weighted by molar-refractivity contribution is 6.30. The van der Waals surface area contributed by atoms with Gasteiger partial charge >= 0.3 is 0 Å². The first kappa shape index (κ1) is 18.1. The Bertz CT molecular complexity index is 671. The highest BCUT2D eigenvalue weighted by Gasteiger charge is 2.05. The lowest BCUT2D eigenvalue weighted by Gasteiger charge is -2.14. The summed E-state index contributed by atoms with van der Waals surface area (Å²) in [6.07, 6.45) is 0.523. The van der Waals surface area contributed by atoms with E-state index in [1.54, 1.807) is 0 Å². The fraction of sp³-hybridized carbons (Fsp3) is 0.316. The number of halogens is 1. The predicted octanol–water partition coefficient (Wildman–Crippen LogP) is 4.11. The minimum absolute atomic E-state index is 0.0781. The summed E-state index contributed by atoms with van der Waals surface area (Å²) in [7, 11) is 0. The maximum atomic E-state index is 5.99. The summed E-state index contributed by atoms with van der Waals surface area (Å²) in [5.74, 6) is 2.14. The number of ether oxygens (including phenoxy) is 2. The predicted molar refractivity (Wildman–Crippen MR) is 99.3 cm³/mol. The lowest BCUT2D eigenvalue weighted by atomic mass is 10.1. The molecule has 0 saturated carbocycles. The summed E-state index contributed by atoms with van der Waals surface area (Å²) < 4.78 is 11.3. The summed E-state index contributed by atoms with van der Waals surface area (Å²) in [4.78, 5) is 4.40. The summed E-state index contributed by atoms with van der Waals surface area (Å²) in [6.45, 7) is 5.05. The molecule has 24 heavy (non-hydrogen) atoms. The first-order chi connectivity index (χ1) is 11.6. The van der Waals surface area contributed by atoms with Crippen LogP contribution in [0.1, 0.15) is 19.4 Å². The minimum atomic E-state index is -0.0781. The summed E-state index contributed by atoms with van der Waals surface area (Å²) in [6, 6.07) is 15.2. The van der Waals surface area contributed by atoms with Gasteiger partial charge in [-0.25, -0.2) is 0 Å². The van der Waals surface area contributed by atoms with Crippen molar-refractivity contribution in [3.63, 3.8) is 0 Å². The molecule has 2 aromatic rings. The van der Waals surface area contributed by atoms with Crippen LogP contribution in [0.5, 0.6) is 11.5 Å². The quantitative estimate of drug-likeness (QED) is 0.578. The fourth-order valence-corrected chi connectivity index (χ4v) is 2.31. The van der Waals surface area contributed by atoms with Crippen molar-refractivity contribution in [3.8, 4) is 11.5 Å². The number of aliphatic imine (C=N–C) groups is 1. The minimum Gasteiger partial charge on any atom is -0.494 e. The van der Waals surface area contributed by atoms with Crippen molar-refractivity contribution in [2.24, 2.45) is 10.7 Å². The summed E-state index contributed by atoms with van der Waals surface area (Å²) >= 11 is 5.87. The first-order valence-corrected chi connectivity index (χ1v) is 8.37. The van der Waals surface area contributed by atoms with Crippen LogP contribution in [0.3, 0.4) is 0 Å². The van der Waals surface area contributed by atoms with Crippen LogP contribution in [-0.2, 0) is 6.42 Å². The zero-order chi connectivity index (χ0) is 17.4. The van der Waals surface area contributed by atoms with Gasteiger partial charge in [-0.3, -0.25) is 4.99 Å². The van der Waals surface area contributed by atoms with Crippen molar-refractivity contribution in [1.29, 1.82) is 0 Å². The Hall–Kier alpha value is -2.20. The number of amidine groups is 1. The van der Waals surface area contributed by atoms with Crippen LogP contribution >= 0.6 is 11.6 Å². The van der Waals surface area contributed by atoms with Crippen LogP contribution in [0.4, 0.5) is 0 Å². The standard InChI is InChI=1S/C19H23ClN2O2/c1-3-23-17-5-4-6-18(12-17)24-14(2)13-22-19(21)11-15-7-9-16(20)10-8-15/h4-10,12,14H,3,11,13H2,1-2H3,(H2,21,22). The molecule has 5 heteroatoms. The lowest BCUT2D eigenvalue weighted by Crippen LogP contribution is -2.21. The average Bonchev–Trinajstić information content (AvgIpc) is 2.56. The molecule has 0 amide bonds. The highest BCUT2D eigenvalue weighted by Crippen LogP contribution is 2.20. The Morgan fingerprint density at radius 1 is 1.17 bits per heavy atom. The Balaban J connectivity index is 1.86. The zero-order valence-corrected chi connectivity index (χ0v) is 14.8. The van der Waals surface area contributed by atoms with Gasteiger partial charge in [0.25, 0.3) is 0 Å². The van der Waals surface area contributed by atoms with E-state index in [0.717, 1.165) is 17.1 Å². The Labute approximate surface area is 148 Å². The highest BCUT2D eigenvalue weighted by atomic mass is 35.5. The van der Waals surface area contributed by atoms with Crippen LogP contribution in [0.15, 0.2) is 53.5 Å². The molecule has 0 aliphatic heterocycles. The number of nitrogens with zero attached hydrogens (tertiary/aromatic N) is 1. The van der Waals surface area contributed by atoms with Gasteiger partial charge in [0.15, 0.2) is 0 Å². The second-order valence-corrected chi connectivity index (χ2v) is 5.91. The van der Waals surface area contributed by atoms with E-state index in [4.69, 9.17) is 26.8 Å². The Morgan fingerprint density at radius 3 is 2.58 bits per heavy atom. The monoisotopic (exact) mass is 346 g/mol. The molecular weight excluding hydrogens is 324 g/mol. The third-order valence-corrected chi connectivity index (χ3v) is 3.56. The van der Waals surface area contributed by atoms with Gasteiger partial charge in [-0.15, -0.1) is 0 Å². The van der Waals surface area contributed by atoms with Crippen LogP contribution in [-0.4, -0.2) is 25.1 Å². The van der Waals surface area contributed by atoms with Gasteiger partial charge in [0.2, 0.25) is 0 Å². The van der Waals surface area contributed by atoms with Gasteiger partial charge in [-0.05, 0) is 43.7 Å². The van der Waals surface area contributed by atoms with Crippen LogP contribution in [0.25, 0.3) is 0 Å². The second kappa shape index (κ2) is 9.18. The lowest BCUT2D eigenvalue weighted by molar-refractivity contribution is 0.228. The second-order valence-electron chi connectivity index (χ2n) is 5.47. The van der Waals surface area contributed by atoms with Gasteiger partial charge in [0, 0.05) is 17.5 Å². The topological polar surface area (TPSA) is 56.8 Å². The molecule has 0 spiro atoms. The molecule has 1 atom stereocenters. The largest absolute Gasteiger partial charge is 0.494 e. The number of rotatable bonds is 8. The molecule has 0 fully saturated rings.